The van der Waals surface area contributed by atoms with Gasteiger partial charge in [0.15, 0.2) is 5.78 Å². The van der Waals surface area contributed by atoms with Crippen LogP contribution in [0.4, 0.5) is 13.2 Å². The number of ketones is 1. The molecule has 1 unspecified atom stereocenters. The molecule has 0 spiro atoms. The number of carbonyl (C=O) groups excluding carboxylic acids is 2. The minimum atomic E-state index is -4.94. The summed E-state index contributed by atoms with van der Waals surface area (Å²) >= 11 is 0. The average Bonchev–Trinajstić information content (AvgIpc) is 2.54. The van der Waals surface area contributed by atoms with E-state index >= 15 is 0 Å². The molecule has 0 fully saturated rings. The van der Waals surface area contributed by atoms with Crippen LogP contribution in [0.5, 0.6) is 0 Å². The Kier molecular flexibility index (Phi) is 3.12. The predicted molar refractivity (Wildman–Crippen MR) is 61.8 cm³/mol. The highest BCUT2D eigenvalue weighted by atomic mass is 19.4. The summed E-state index contributed by atoms with van der Waals surface area (Å²) in [5.74, 6) is -2.25. The quantitative estimate of drug-likeness (QED) is 0.853. The molecule has 0 aromatic heterocycles. The summed E-state index contributed by atoms with van der Waals surface area (Å²) in [6, 6.07) is 2.55. The van der Waals surface area contributed by atoms with Gasteiger partial charge in [0, 0.05) is 12.0 Å². The molecule has 0 bridgehead atoms. The van der Waals surface area contributed by atoms with Crippen molar-refractivity contribution >= 4 is 11.7 Å². The van der Waals surface area contributed by atoms with Crippen molar-refractivity contribution in [2.45, 2.75) is 32.5 Å². The average molecular weight is 271 g/mol. The van der Waals surface area contributed by atoms with Gasteiger partial charge in [-0.2, -0.15) is 13.2 Å². The first-order chi connectivity index (χ1) is 8.70. The van der Waals surface area contributed by atoms with E-state index in [4.69, 9.17) is 0 Å². The van der Waals surface area contributed by atoms with Gasteiger partial charge in [0.25, 0.3) is 0 Å². The second-order valence-corrected chi connectivity index (χ2v) is 4.70. The Labute approximate surface area is 107 Å². The zero-order chi connectivity index (χ0) is 14.4. The first-order valence-electron chi connectivity index (χ1n) is 5.72. The van der Waals surface area contributed by atoms with Gasteiger partial charge < -0.3 is 5.32 Å². The molecule has 1 N–H and O–H groups in total. The monoisotopic (exact) mass is 271 g/mol. The van der Waals surface area contributed by atoms with Crippen molar-refractivity contribution in [3.8, 4) is 0 Å². The Morgan fingerprint density at radius 2 is 1.95 bits per heavy atom. The molecule has 102 valence electrons. The van der Waals surface area contributed by atoms with Crippen LogP contribution in [0.3, 0.4) is 0 Å². The summed E-state index contributed by atoms with van der Waals surface area (Å²) in [4.78, 5) is 22.8. The van der Waals surface area contributed by atoms with E-state index in [1.807, 2.05) is 5.32 Å². The summed E-state index contributed by atoms with van der Waals surface area (Å²) in [6.07, 6.45) is -5.06. The van der Waals surface area contributed by atoms with E-state index in [-0.39, 0.29) is 12.2 Å². The first kappa shape index (κ1) is 13.6. The van der Waals surface area contributed by atoms with Gasteiger partial charge in [0.2, 0.25) is 0 Å². The predicted octanol–water partition coefficient (Wildman–Crippen LogP) is 2.61. The first-order valence-corrected chi connectivity index (χ1v) is 5.72. The van der Waals surface area contributed by atoms with Crippen molar-refractivity contribution in [2.24, 2.45) is 0 Å². The van der Waals surface area contributed by atoms with Gasteiger partial charge in [-0.05, 0) is 25.0 Å². The summed E-state index contributed by atoms with van der Waals surface area (Å²) in [6.45, 7) is 3.52. The fraction of sp³-hybridized carbons (Fsp3) is 0.385. The molecule has 19 heavy (non-hydrogen) atoms. The Bertz CT molecular complexity index is 564. The van der Waals surface area contributed by atoms with Crippen LogP contribution in [0.15, 0.2) is 12.1 Å². The van der Waals surface area contributed by atoms with Crippen LogP contribution < -0.4 is 5.32 Å². The fourth-order valence-corrected chi connectivity index (χ4v) is 2.42. The molecule has 6 heteroatoms. The molecular weight excluding hydrogens is 259 g/mol. The lowest BCUT2D eigenvalue weighted by Gasteiger charge is -2.15. The number of hydrogen-bond acceptors (Lipinski definition) is 2. The van der Waals surface area contributed by atoms with Gasteiger partial charge in [-0.25, -0.2) is 0 Å². The van der Waals surface area contributed by atoms with E-state index in [1.165, 1.54) is 0 Å². The highest BCUT2D eigenvalue weighted by Crippen LogP contribution is 2.34. The third kappa shape index (κ3) is 2.47. The van der Waals surface area contributed by atoms with Gasteiger partial charge >= 0.3 is 12.1 Å². The van der Waals surface area contributed by atoms with E-state index in [2.05, 4.69) is 0 Å². The molecule has 1 aromatic carbocycles. The molecular formula is C13H12F3NO2. The lowest BCUT2D eigenvalue weighted by atomic mass is 10.00. The highest BCUT2D eigenvalue weighted by Gasteiger charge is 2.42. The molecule has 1 aliphatic rings. The second kappa shape index (κ2) is 4.36. The SMILES string of the molecule is Cc1cc(C)c2c(c1)C(NC(=O)C(F)(F)F)CC2=O. The molecule has 1 aromatic rings. The molecule has 3 nitrogen and oxygen atoms in total. The van der Waals surface area contributed by atoms with Crippen LogP contribution in [0.25, 0.3) is 0 Å². The molecule has 1 atom stereocenters. The standard InChI is InChI=1S/C13H12F3NO2/c1-6-3-7(2)11-8(4-6)9(5-10(11)18)17-12(19)13(14,15)16/h3-4,9H,5H2,1-2H3,(H,17,19). The molecule has 0 aliphatic heterocycles. The summed E-state index contributed by atoms with van der Waals surface area (Å²) in [5.41, 5.74) is 2.47. The lowest BCUT2D eigenvalue weighted by Crippen LogP contribution is -2.38. The molecule has 1 aliphatic carbocycles. The fourth-order valence-electron chi connectivity index (χ4n) is 2.42. The Hall–Kier alpha value is -1.85. The number of amides is 1. The zero-order valence-electron chi connectivity index (χ0n) is 10.4. The number of Topliss-reactive ketones (excluding diaryl/α,β-unsaturated/α-hetero) is 1. The zero-order valence-corrected chi connectivity index (χ0v) is 10.4. The Morgan fingerprint density at radius 3 is 2.53 bits per heavy atom. The van der Waals surface area contributed by atoms with Crippen LogP contribution in [0.1, 0.15) is 39.5 Å². The number of benzene rings is 1. The van der Waals surface area contributed by atoms with E-state index < -0.39 is 18.1 Å². The van der Waals surface area contributed by atoms with Crippen LogP contribution in [0.2, 0.25) is 0 Å². The number of rotatable bonds is 1. The number of hydrogen-bond donors (Lipinski definition) is 1. The van der Waals surface area contributed by atoms with Gasteiger partial charge in [0.1, 0.15) is 0 Å². The third-order valence-electron chi connectivity index (χ3n) is 3.12. The maximum absolute atomic E-state index is 12.2. The summed E-state index contributed by atoms with van der Waals surface area (Å²) in [5, 5.41) is 1.88. The third-order valence-corrected chi connectivity index (χ3v) is 3.12. The molecule has 0 saturated carbocycles. The lowest BCUT2D eigenvalue weighted by molar-refractivity contribution is -0.174. The van der Waals surface area contributed by atoms with Crippen LogP contribution in [-0.4, -0.2) is 17.9 Å². The molecule has 0 saturated heterocycles. The summed E-state index contributed by atoms with van der Waals surface area (Å²) < 4.78 is 36.7. The Morgan fingerprint density at radius 1 is 1.32 bits per heavy atom. The number of fused-ring (bicyclic) bond motifs is 1. The minimum absolute atomic E-state index is 0.124. The largest absolute Gasteiger partial charge is 0.471 e. The van der Waals surface area contributed by atoms with Crippen LogP contribution in [0, 0.1) is 13.8 Å². The maximum Gasteiger partial charge on any atom is 0.471 e. The van der Waals surface area contributed by atoms with E-state index in [9.17, 15) is 22.8 Å². The van der Waals surface area contributed by atoms with Gasteiger partial charge in [0.05, 0.1) is 6.04 Å². The highest BCUT2D eigenvalue weighted by molar-refractivity contribution is 6.03. The van der Waals surface area contributed by atoms with Gasteiger partial charge in [-0.15, -0.1) is 0 Å². The summed E-state index contributed by atoms with van der Waals surface area (Å²) in [7, 11) is 0. The van der Waals surface area contributed by atoms with Crippen molar-refractivity contribution in [3.63, 3.8) is 0 Å². The number of aryl methyl sites for hydroxylation is 2. The number of alkyl halides is 3. The topological polar surface area (TPSA) is 46.2 Å². The number of carbonyl (C=O) groups is 2. The van der Waals surface area contributed by atoms with Gasteiger partial charge in [-0.1, -0.05) is 17.7 Å². The molecule has 2 rings (SSSR count). The maximum atomic E-state index is 12.2. The van der Waals surface area contributed by atoms with E-state index in [1.54, 1.807) is 26.0 Å². The minimum Gasteiger partial charge on any atom is -0.341 e. The van der Waals surface area contributed by atoms with Crippen molar-refractivity contribution in [3.05, 3.63) is 34.4 Å². The second-order valence-electron chi connectivity index (χ2n) is 4.70. The number of nitrogens with one attached hydrogen (secondary N) is 1. The number of halogens is 3. The van der Waals surface area contributed by atoms with Crippen molar-refractivity contribution < 1.29 is 22.8 Å². The van der Waals surface area contributed by atoms with Crippen LogP contribution >= 0.6 is 0 Å². The van der Waals surface area contributed by atoms with E-state index in [0.29, 0.717) is 11.1 Å². The molecule has 0 heterocycles. The Balaban J connectivity index is 2.35. The van der Waals surface area contributed by atoms with Gasteiger partial charge in [-0.3, -0.25) is 9.59 Å². The molecule has 0 radical (unpaired) electrons. The normalized spacial score (nSPS) is 18.4. The van der Waals surface area contributed by atoms with Crippen LogP contribution in [-0.2, 0) is 4.79 Å². The van der Waals surface area contributed by atoms with Crippen molar-refractivity contribution in [1.82, 2.24) is 5.32 Å². The smallest absolute Gasteiger partial charge is 0.341 e. The van der Waals surface area contributed by atoms with Crippen molar-refractivity contribution in [2.75, 3.05) is 0 Å². The molecule has 1 amide bonds. The van der Waals surface area contributed by atoms with Crippen molar-refractivity contribution in [1.29, 1.82) is 0 Å². The van der Waals surface area contributed by atoms with E-state index in [0.717, 1.165) is 11.1 Å².